The lowest BCUT2D eigenvalue weighted by atomic mass is 10.1. The smallest absolute Gasteiger partial charge is 0.283 e. The Morgan fingerprint density at radius 3 is 2.29 bits per heavy atom. The lowest BCUT2D eigenvalue weighted by Crippen LogP contribution is -2.50. The van der Waals surface area contributed by atoms with Crippen molar-refractivity contribution >= 4 is 29.1 Å². The predicted octanol–water partition coefficient (Wildman–Crippen LogP) is 5.11. The highest BCUT2D eigenvalue weighted by Crippen LogP contribution is 2.36. The summed E-state index contributed by atoms with van der Waals surface area (Å²) in [5.74, 6) is -0.977. The van der Waals surface area contributed by atoms with Crippen LogP contribution in [-0.2, 0) is 11.3 Å². The summed E-state index contributed by atoms with van der Waals surface area (Å²) in [6, 6.07) is 3.16. The molecule has 1 unspecified atom stereocenters. The van der Waals surface area contributed by atoms with Crippen LogP contribution in [0.4, 0.5) is 22.0 Å². The predicted molar refractivity (Wildman–Crippen MR) is 105 cm³/mol. The molecule has 0 saturated carbocycles. The van der Waals surface area contributed by atoms with Gasteiger partial charge in [0, 0.05) is 43.3 Å². The number of piperazine rings is 1. The maximum Gasteiger partial charge on any atom is 0.283 e. The van der Waals surface area contributed by atoms with Crippen LogP contribution < -0.4 is 0 Å². The number of carbonyl (C=O) groups excluding carboxylic acids is 1. The van der Waals surface area contributed by atoms with Crippen LogP contribution in [0.15, 0.2) is 18.2 Å². The number of halogens is 7. The average molecular weight is 485 g/mol. The van der Waals surface area contributed by atoms with Gasteiger partial charge in [-0.25, -0.2) is 26.6 Å². The van der Waals surface area contributed by atoms with Gasteiger partial charge in [0.25, 0.3) is 12.9 Å². The lowest BCUT2D eigenvalue weighted by molar-refractivity contribution is -0.136. The van der Waals surface area contributed by atoms with Crippen molar-refractivity contribution in [3.05, 3.63) is 51.0 Å². The zero-order chi connectivity index (χ0) is 22.9. The van der Waals surface area contributed by atoms with Crippen LogP contribution in [-0.4, -0.2) is 51.7 Å². The van der Waals surface area contributed by atoms with E-state index in [2.05, 4.69) is 5.10 Å². The second-order valence-electron chi connectivity index (χ2n) is 7.11. The summed E-state index contributed by atoms with van der Waals surface area (Å²) in [5.41, 5.74) is -1.54. The van der Waals surface area contributed by atoms with Crippen LogP contribution in [0.2, 0.25) is 10.0 Å². The Morgan fingerprint density at radius 2 is 1.74 bits per heavy atom. The van der Waals surface area contributed by atoms with E-state index in [1.807, 2.05) is 4.90 Å². The summed E-state index contributed by atoms with van der Waals surface area (Å²) in [5, 5.41) is 2.94. The van der Waals surface area contributed by atoms with Crippen LogP contribution in [0.5, 0.6) is 0 Å². The largest absolute Gasteiger partial charge is 0.338 e. The molecule has 0 radical (unpaired) electrons. The van der Waals surface area contributed by atoms with Gasteiger partial charge in [0.05, 0.1) is 5.02 Å². The molecule has 2 aromatic rings. The Bertz CT molecular complexity index is 927. The van der Waals surface area contributed by atoms with Gasteiger partial charge in [0.15, 0.2) is 0 Å². The van der Waals surface area contributed by atoms with Crippen molar-refractivity contribution in [3.63, 3.8) is 0 Å². The van der Waals surface area contributed by atoms with E-state index in [4.69, 9.17) is 23.2 Å². The molecule has 1 aliphatic heterocycles. The summed E-state index contributed by atoms with van der Waals surface area (Å²) in [6.45, 7) is 2.84. The Kier molecular flexibility index (Phi) is 7.43. The molecule has 1 saturated heterocycles. The molecule has 0 spiro atoms. The van der Waals surface area contributed by atoms with Gasteiger partial charge in [-0.2, -0.15) is 5.10 Å². The molecule has 170 valence electrons. The highest BCUT2D eigenvalue weighted by atomic mass is 35.5. The summed E-state index contributed by atoms with van der Waals surface area (Å²) in [7, 11) is 0. The molecule has 1 aliphatic rings. The summed E-state index contributed by atoms with van der Waals surface area (Å²) in [4.78, 5) is 16.2. The van der Waals surface area contributed by atoms with Gasteiger partial charge in [-0.3, -0.25) is 9.69 Å². The van der Waals surface area contributed by atoms with Crippen LogP contribution in [0.3, 0.4) is 0 Å². The highest BCUT2D eigenvalue weighted by Gasteiger charge is 2.34. The standard InChI is InChI=1S/C19H19Cl2F5N4O/c1-10(30-16(18(25)26)14(21)15(27-30)17(23)24)19(31)29-7-5-28(6-8-29)9-11-12(20)3-2-4-13(11)22/h2-4,10,17-18H,5-9H2,1H3. The fourth-order valence-electron chi connectivity index (χ4n) is 3.48. The topological polar surface area (TPSA) is 41.4 Å². The Morgan fingerprint density at radius 1 is 1.10 bits per heavy atom. The van der Waals surface area contributed by atoms with E-state index in [9.17, 15) is 26.7 Å². The third-order valence-electron chi connectivity index (χ3n) is 5.18. The number of amides is 1. The molecule has 0 N–H and O–H groups in total. The van der Waals surface area contributed by atoms with Crippen LogP contribution in [0, 0.1) is 5.82 Å². The second kappa shape index (κ2) is 9.70. The van der Waals surface area contributed by atoms with Gasteiger partial charge in [-0.05, 0) is 19.1 Å². The van der Waals surface area contributed by atoms with E-state index in [1.165, 1.54) is 24.0 Å². The van der Waals surface area contributed by atoms with E-state index in [0.717, 1.165) is 0 Å². The van der Waals surface area contributed by atoms with Crippen LogP contribution in [0.25, 0.3) is 0 Å². The monoisotopic (exact) mass is 484 g/mol. The number of aromatic nitrogens is 2. The molecular weight excluding hydrogens is 466 g/mol. The number of hydrogen-bond acceptors (Lipinski definition) is 3. The normalized spacial score (nSPS) is 16.4. The molecule has 2 heterocycles. The number of benzene rings is 1. The first-order valence-corrected chi connectivity index (χ1v) is 10.2. The van der Waals surface area contributed by atoms with Crippen molar-refractivity contribution in [3.8, 4) is 0 Å². The lowest BCUT2D eigenvalue weighted by Gasteiger charge is -2.36. The Balaban J connectivity index is 1.69. The second-order valence-corrected chi connectivity index (χ2v) is 7.89. The molecule has 0 aliphatic carbocycles. The van der Waals surface area contributed by atoms with Crippen molar-refractivity contribution in [2.75, 3.05) is 26.2 Å². The number of hydrogen-bond donors (Lipinski definition) is 0. The van der Waals surface area contributed by atoms with Gasteiger partial charge < -0.3 is 4.90 Å². The molecule has 0 bridgehead atoms. The van der Waals surface area contributed by atoms with E-state index < -0.39 is 47.0 Å². The number of carbonyl (C=O) groups is 1. The first kappa shape index (κ1) is 23.7. The maximum absolute atomic E-state index is 14.0. The van der Waals surface area contributed by atoms with Crippen LogP contribution >= 0.6 is 23.2 Å². The first-order valence-electron chi connectivity index (χ1n) is 9.40. The maximum atomic E-state index is 14.0. The molecule has 1 amide bonds. The van der Waals surface area contributed by atoms with E-state index in [-0.39, 0.29) is 19.6 Å². The third-order valence-corrected chi connectivity index (χ3v) is 5.92. The Hall–Kier alpha value is -1.91. The van der Waals surface area contributed by atoms with Crippen molar-refractivity contribution in [2.45, 2.75) is 32.4 Å². The van der Waals surface area contributed by atoms with Crippen molar-refractivity contribution < 1.29 is 26.7 Å². The first-order chi connectivity index (χ1) is 14.6. The van der Waals surface area contributed by atoms with Crippen LogP contribution in [0.1, 0.15) is 42.8 Å². The van der Waals surface area contributed by atoms with Gasteiger partial charge in [-0.15, -0.1) is 0 Å². The zero-order valence-electron chi connectivity index (χ0n) is 16.3. The fraction of sp³-hybridized carbons (Fsp3) is 0.474. The minimum absolute atomic E-state index is 0.246. The summed E-state index contributed by atoms with van der Waals surface area (Å²) in [6.07, 6.45) is -6.33. The van der Waals surface area contributed by atoms with E-state index >= 15 is 0 Å². The van der Waals surface area contributed by atoms with Gasteiger partial charge in [0.2, 0.25) is 5.91 Å². The fourth-order valence-corrected chi connectivity index (χ4v) is 3.99. The quantitative estimate of drug-likeness (QED) is 0.535. The molecule has 1 atom stereocenters. The molecular formula is C19H19Cl2F5N4O. The third kappa shape index (κ3) is 4.96. The number of nitrogens with zero attached hydrogens (tertiary/aromatic N) is 4. The Labute approximate surface area is 185 Å². The molecule has 1 aromatic carbocycles. The van der Waals surface area contributed by atoms with Gasteiger partial charge >= 0.3 is 0 Å². The molecule has 1 aromatic heterocycles. The van der Waals surface area contributed by atoms with Crippen molar-refractivity contribution in [1.82, 2.24) is 19.6 Å². The minimum atomic E-state index is -3.18. The van der Waals surface area contributed by atoms with Gasteiger partial charge in [-0.1, -0.05) is 29.3 Å². The SMILES string of the molecule is CC(C(=O)N1CCN(Cc2c(F)cccc2Cl)CC1)n1nc(C(F)F)c(Cl)c1C(F)F. The highest BCUT2D eigenvalue weighted by molar-refractivity contribution is 6.32. The molecule has 12 heteroatoms. The summed E-state index contributed by atoms with van der Waals surface area (Å²) < 4.78 is 67.4. The molecule has 31 heavy (non-hydrogen) atoms. The van der Waals surface area contributed by atoms with Crippen molar-refractivity contribution in [2.24, 2.45) is 0 Å². The number of rotatable bonds is 6. The van der Waals surface area contributed by atoms with Gasteiger partial charge in [0.1, 0.15) is 23.2 Å². The summed E-state index contributed by atoms with van der Waals surface area (Å²) >= 11 is 11.7. The molecule has 5 nitrogen and oxygen atoms in total. The zero-order valence-corrected chi connectivity index (χ0v) is 17.9. The number of alkyl halides is 4. The molecule has 1 fully saturated rings. The average Bonchev–Trinajstić information content (AvgIpc) is 3.08. The minimum Gasteiger partial charge on any atom is -0.338 e. The van der Waals surface area contributed by atoms with E-state index in [1.54, 1.807) is 6.07 Å². The van der Waals surface area contributed by atoms with Crippen molar-refractivity contribution in [1.29, 1.82) is 0 Å². The molecule has 3 rings (SSSR count). The van der Waals surface area contributed by atoms with E-state index in [0.29, 0.717) is 28.4 Å².